The Kier molecular flexibility index (Phi) is 12.6. The van der Waals surface area contributed by atoms with Crippen molar-refractivity contribution in [1.29, 1.82) is 0 Å². The molecule has 4 heterocycles. The van der Waals surface area contributed by atoms with Crippen LogP contribution in [0.25, 0.3) is 22.3 Å². The van der Waals surface area contributed by atoms with Gasteiger partial charge in [-0.2, -0.15) is 0 Å². The summed E-state index contributed by atoms with van der Waals surface area (Å²) < 4.78 is 33.9. The first kappa shape index (κ1) is 44.6. The van der Waals surface area contributed by atoms with Crippen molar-refractivity contribution >= 4 is 16.8 Å². The molecule has 336 valence electrons. The van der Waals surface area contributed by atoms with E-state index in [1.807, 2.05) is 0 Å². The molecule has 0 bridgehead atoms. The fraction of sp³-hybridized carbons (Fsp3) is 0.333. The van der Waals surface area contributed by atoms with Gasteiger partial charge in [0, 0.05) is 29.8 Å². The molecular formula is C42H42O21. The highest BCUT2D eigenvalue weighted by molar-refractivity contribution is 6.02. The number of aliphatic hydroxyl groups is 6. The van der Waals surface area contributed by atoms with Gasteiger partial charge in [0.15, 0.2) is 35.4 Å². The minimum Gasteiger partial charge on any atom is -0.508 e. The van der Waals surface area contributed by atoms with Crippen LogP contribution < -0.4 is 14.9 Å². The van der Waals surface area contributed by atoms with E-state index in [4.69, 9.17) is 28.1 Å². The fourth-order valence-electron chi connectivity index (χ4n) is 7.20. The van der Waals surface area contributed by atoms with Crippen molar-refractivity contribution in [2.24, 2.45) is 0 Å². The average molecular weight is 883 g/mol. The lowest BCUT2D eigenvalue weighted by Crippen LogP contribution is -2.64. The zero-order valence-electron chi connectivity index (χ0n) is 32.7. The third-order valence-electron chi connectivity index (χ3n) is 10.6. The zero-order valence-corrected chi connectivity index (χ0v) is 32.7. The number of hydrogen-bond acceptors (Lipinski definition) is 21. The fourth-order valence-corrected chi connectivity index (χ4v) is 7.20. The van der Waals surface area contributed by atoms with Gasteiger partial charge in [-0.05, 0) is 42.8 Å². The quantitative estimate of drug-likeness (QED) is 0.101. The molecule has 3 aliphatic rings. The molecule has 0 radical (unpaired) electrons. The Balaban J connectivity index is 0.000000227. The summed E-state index contributed by atoms with van der Waals surface area (Å²) in [6.07, 6.45) is -16.0. The molecule has 11 atom stereocenters. The lowest BCUT2D eigenvalue weighted by atomic mass is 9.95. The van der Waals surface area contributed by atoms with E-state index in [0.717, 1.165) is 30.3 Å². The lowest BCUT2D eigenvalue weighted by Gasteiger charge is -2.45. The summed E-state index contributed by atoms with van der Waals surface area (Å²) in [6.45, 7) is 0.716. The maximum Gasteiger partial charge on any atom is 0.238 e. The minimum absolute atomic E-state index is 0.0149. The van der Waals surface area contributed by atoms with Crippen LogP contribution >= 0.6 is 0 Å². The van der Waals surface area contributed by atoms with Gasteiger partial charge in [-0.25, -0.2) is 0 Å². The molecule has 0 aliphatic carbocycles. The number of fused-ring (bicyclic) bond motifs is 2. The average Bonchev–Trinajstić information content (AvgIpc) is 3.23. The molecule has 2 saturated heterocycles. The molecule has 2 fully saturated rings. The summed E-state index contributed by atoms with van der Waals surface area (Å²) in [5.41, 5.74) is -0.361. The van der Waals surface area contributed by atoms with Gasteiger partial charge in [0.1, 0.15) is 93.8 Å². The van der Waals surface area contributed by atoms with Gasteiger partial charge in [-0.3, -0.25) is 9.59 Å². The van der Waals surface area contributed by atoms with Crippen molar-refractivity contribution < 1.29 is 99.3 Å². The third-order valence-corrected chi connectivity index (χ3v) is 10.6. The number of carbonyl (C=O) groups is 1. The number of carbonyl (C=O) groups excluding carboxylic acids is 1. The van der Waals surface area contributed by atoms with Crippen LogP contribution in [-0.2, 0) is 14.2 Å². The molecule has 0 amide bonds. The first-order valence-corrected chi connectivity index (χ1v) is 19.1. The van der Waals surface area contributed by atoms with Crippen LogP contribution in [0.3, 0.4) is 0 Å². The molecule has 0 saturated carbocycles. The Hall–Kier alpha value is -6.40. The van der Waals surface area contributed by atoms with Crippen LogP contribution in [-0.4, -0.2) is 140 Å². The molecule has 13 N–H and O–H groups in total. The monoisotopic (exact) mass is 882 g/mol. The largest absolute Gasteiger partial charge is 0.508 e. The second-order valence-electron chi connectivity index (χ2n) is 14.9. The van der Waals surface area contributed by atoms with Crippen LogP contribution in [0.4, 0.5) is 0 Å². The van der Waals surface area contributed by atoms with E-state index in [1.54, 1.807) is 12.1 Å². The number of ether oxygens (including phenoxy) is 5. The highest BCUT2D eigenvalue weighted by atomic mass is 16.8. The maximum atomic E-state index is 12.9. The van der Waals surface area contributed by atoms with Crippen molar-refractivity contribution in [3.8, 4) is 63.1 Å². The van der Waals surface area contributed by atoms with Crippen molar-refractivity contribution in [1.82, 2.24) is 0 Å². The second kappa shape index (κ2) is 17.8. The topological polar surface area (TPSA) is 356 Å². The third kappa shape index (κ3) is 8.82. The first-order chi connectivity index (χ1) is 29.9. The second-order valence-corrected chi connectivity index (χ2v) is 14.9. The Bertz CT molecular complexity index is 2540. The molecule has 0 spiro atoms. The number of Topliss-reactive ketones (excluding diaryl/α,β-unsaturated/α-hetero) is 1. The molecule has 63 heavy (non-hydrogen) atoms. The minimum atomic E-state index is -1.75. The standard InChI is InChI=1S/C27H32O14.C15H10O7/c1-10-20(32)22(34)24(36)26(37-10)41-25-23(35)21(33)18(9-28)40-27(25)38-13-6-14(30)19-15(31)8-16(39-17(19)7-13)11-2-4-12(29)5-3-11;16-7-4-10(19)12-11(5-7)22-15(14(21)13(12)20)6-1-2-8(17)9(18)3-6/h2-7,10,16,18,20-30,32-36H,8-9H2,1H3;1-5,16-19,21H/t10-,16-,18+,20-,21+,22+,23-,24+,25+,26-,27+;/m0./s1. The maximum absolute atomic E-state index is 12.9. The number of aliphatic hydroxyl groups excluding tert-OH is 6. The Morgan fingerprint density at radius 2 is 1.40 bits per heavy atom. The Labute approximate surface area is 354 Å². The van der Waals surface area contributed by atoms with Gasteiger partial charge in [0.25, 0.3) is 0 Å². The highest BCUT2D eigenvalue weighted by Crippen LogP contribution is 2.43. The van der Waals surface area contributed by atoms with E-state index in [0.29, 0.717) is 5.56 Å². The predicted molar refractivity (Wildman–Crippen MR) is 210 cm³/mol. The van der Waals surface area contributed by atoms with Crippen LogP contribution in [0.5, 0.6) is 51.7 Å². The van der Waals surface area contributed by atoms with Crippen molar-refractivity contribution in [3.05, 3.63) is 88.1 Å². The van der Waals surface area contributed by atoms with Crippen LogP contribution in [0.1, 0.15) is 35.4 Å². The van der Waals surface area contributed by atoms with Gasteiger partial charge in [0.2, 0.25) is 17.5 Å². The number of ketones is 1. The first-order valence-electron chi connectivity index (χ1n) is 19.1. The summed E-state index contributed by atoms with van der Waals surface area (Å²) in [4.78, 5) is 25.0. The van der Waals surface area contributed by atoms with Crippen LogP contribution in [0, 0.1) is 0 Å². The van der Waals surface area contributed by atoms with E-state index in [2.05, 4.69) is 0 Å². The van der Waals surface area contributed by atoms with Gasteiger partial charge in [0.05, 0.1) is 19.1 Å². The summed E-state index contributed by atoms with van der Waals surface area (Å²) in [7, 11) is 0. The highest BCUT2D eigenvalue weighted by Gasteiger charge is 2.51. The Morgan fingerprint density at radius 3 is 2.08 bits per heavy atom. The number of phenolic OH excluding ortho intramolecular Hbond substituents is 6. The summed E-state index contributed by atoms with van der Waals surface area (Å²) >= 11 is 0. The van der Waals surface area contributed by atoms with Crippen LogP contribution in [0.2, 0.25) is 0 Å². The predicted octanol–water partition coefficient (Wildman–Crippen LogP) is 0.823. The van der Waals surface area contributed by atoms with Gasteiger partial charge in [-0.15, -0.1) is 0 Å². The zero-order chi connectivity index (χ0) is 45.6. The summed E-state index contributed by atoms with van der Waals surface area (Å²) in [5, 5.41) is 129. The van der Waals surface area contributed by atoms with Crippen molar-refractivity contribution in [2.75, 3.05) is 6.61 Å². The summed E-state index contributed by atoms with van der Waals surface area (Å²) in [5.74, 6) is -3.66. The number of aromatic hydroxyl groups is 7. The van der Waals surface area contributed by atoms with E-state index < -0.39 is 108 Å². The Morgan fingerprint density at radius 1 is 0.683 bits per heavy atom. The molecule has 21 nitrogen and oxygen atoms in total. The smallest absolute Gasteiger partial charge is 0.238 e. The van der Waals surface area contributed by atoms with Crippen molar-refractivity contribution in [3.63, 3.8) is 0 Å². The van der Waals surface area contributed by atoms with Gasteiger partial charge >= 0.3 is 0 Å². The number of benzene rings is 4. The number of phenols is 6. The number of hydrogen-bond donors (Lipinski definition) is 13. The van der Waals surface area contributed by atoms with E-state index >= 15 is 0 Å². The molecule has 1 aromatic heterocycles. The van der Waals surface area contributed by atoms with E-state index in [1.165, 1.54) is 31.2 Å². The molecule has 8 rings (SSSR count). The van der Waals surface area contributed by atoms with Crippen molar-refractivity contribution in [2.45, 2.75) is 80.9 Å². The molecule has 5 aromatic rings. The summed E-state index contributed by atoms with van der Waals surface area (Å²) in [6, 6.07) is 14.1. The number of rotatable bonds is 7. The van der Waals surface area contributed by atoms with Crippen LogP contribution in [0.15, 0.2) is 75.9 Å². The van der Waals surface area contributed by atoms with E-state index in [9.17, 15) is 76.0 Å². The van der Waals surface area contributed by atoms with Gasteiger partial charge in [-0.1, -0.05) is 12.1 Å². The normalized spacial score (nSPS) is 28.0. The SMILES string of the molecule is C[C@@H]1O[C@@H](O[C@H]2[C@H](Oc3cc(O)c4c(c3)O[C@H](c3ccc(O)cc3)CC4=O)O[C@H](CO)[C@@H](O)[C@@H]2O)[C@H](O)[C@H](O)[C@H]1O.O=c1c(O)c(-c2ccc(O)c(O)c2)oc2cc(O)cc(O)c12. The lowest BCUT2D eigenvalue weighted by molar-refractivity contribution is -0.354. The molecule has 21 heteroatoms. The van der Waals surface area contributed by atoms with Gasteiger partial charge < -0.3 is 94.5 Å². The molecular weight excluding hydrogens is 840 g/mol. The molecule has 4 aromatic carbocycles. The van der Waals surface area contributed by atoms with E-state index in [-0.39, 0.29) is 63.0 Å². The molecule has 3 aliphatic heterocycles. The molecule has 0 unspecified atom stereocenters.